The van der Waals surface area contributed by atoms with E-state index in [1.807, 2.05) is 37.3 Å². The number of rotatable bonds is 8. The third-order valence-corrected chi connectivity index (χ3v) is 7.42. The quantitative estimate of drug-likeness (QED) is 0.412. The van der Waals surface area contributed by atoms with E-state index in [1.54, 1.807) is 6.07 Å². The van der Waals surface area contributed by atoms with Crippen molar-refractivity contribution in [1.29, 1.82) is 0 Å². The normalized spacial score (nSPS) is 11.6. The van der Waals surface area contributed by atoms with Crippen molar-refractivity contribution in [2.24, 2.45) is 0 Å². The van der Waals surface area contributed by atoms with Gasteiger partial charge in [0.2, 0.25) is 10.0 Å². The summed E-state index contributed by atoms with van der Waals surface area (Å²) in [4.78, 5) is 17.7. The van der Waals surface area contributed by atoms with Crippen LogP contribution in [0.15, 0.2) is 71.5 Å². The lowest BCUT2D eigenvalue weighted by atomic mass is 10.2. The number of benzene rings is 2. The maximum absolute atomic E-state index is 13.0. The lowest BCUT2D eigenvalue weighted by Gasteiger charge is -2.09. The number of hydrogen-bond acceptors (Lipinski definition) is 6. The second-order valence-electron chi connectivity index (χ2n) is 7.36. The first kappa shape index (κ1) is 23.0. The number of hydrogen-bond donors (Lipinski definition) is 1. The van der Waals surface area contributed by atoms with Crippen molar-refractivity contribution in [3.63, 3.8) is 0 Å². The highest BCUT2D eigenvalue weighted by Crippen LogP contribution is 2.33. The van der Waals surface area contributed by atoms with Crippen LogP contribution < -0.4 is 10.3 Å². The number of nitrogens with zero attached hydrogens (tertiary/aromatic N) is 3. The van der Waals surface area contributed by atoms with Crippen LogP contribution in [0.4, 0.5) is 4.39 Å². The third kappa shape index (κ3) is 5.78. The fourth-order valence-corrected chi connectivity index (χ4v) is 5.40. The van der Waals surface area contributed by atoms with Gasteiger partial charge < -0.3 is 0 Å². The van der Waals surface area contributed by atoms with Crippen molar-refractivity contribution in [2.75, 3.05) is 6.54 Å². The van der Waals surface area contributed by atoms with Crippen molar-refractivity contribution in [1.82, 2.24) is 19.5 Å². The van der Waals surface area contributed by atoms with Crippen LogP contribution in [0.5, 0.6) is 0 Å². The molecule has 0 aliphatic rings. The smallest absolute Gasteiger partial charge is 0.266 e. The molecule has 2 aromatic heterocycles. The monoisotopic (exact) mass is 484 g/mol. The number of sulfonamides is 1. The fourth-order valence-electron chi connectivity index (χ4n) is 3.23. The van der Waals surface area contributed by atoms with Crippen molar-refractivity contribution in [2.45, 2.75) is 19.2 Å². The van der Waals surface area contributed by atoms with Crippen LogP contribution in [0.25, 0.3) is 21.1 Å². The predicted molar refractivity (Wildman–Crippen MR) is 127 cm³/mol. The first-order chi connectivity index (χ1) is 15.8. The first-order valence-electron chi connectivity index (χ1n) is 10.1. The maximum Gasteiger partial charge on any atom is 0.266 e. The molecule has 0 aliphatic heterocycles. The number of halogens is 1. The second-order valence-corrected chi connectivity index (χ2v) is 10.2. The van der Waals surface area contributed by atoms with Gasteiger partial charge in [0.1, 0.15) is 16.5 Å². The van der Waals surface area contributed by atoms with Gasteiger partial charge >= 0.3 is 0 Å². The van der Waals surface area contributed by atoms with Gasteiger partial charge in [-0.3, -0.25) is 4.79 Å². The standard InChI is InChI=1S/C23H21FN4O3S2/c1-16-22(32-23(26-16)18-5-3-2-4-6-18)20-11-12-21(29)28(27-20)14-13-25-33(30,31)15-17-7-9-19(24)10-8-17/h2-12,25H,13-15H2,1H3. The van der Waals surface area contributed by atoms with E-state index in [4.69, 9.17) is 0 Å². The minimum atomic E-state index is -3.65. The second kappa shape index (κ2) is 9.74. The highest BCUT2D eigenvalue weighted by molar-refractivity contribution is 7.88. The van der Waals surface area contributed by atoms with Crippen LogP contribution in [0.2, 0.25) is 0 Å². The lowest BCUT2D eigenvalue weighted by molar-refractivity contribution is 0.548. The zero-order valence-corrected chi connectivity index (χ0v) is 19.4. The Bertz CT molecular complexity index is 1420. The van der Waals surface area contributed by atoms with Crippen LogP contribution in [-0.2, 0) is 22.3 Å². The van der Waals surface area contributed by atoms with Crippen molar-refractivity contribution in [3.05, 3.63) is 94.2 Å². The summed E-state index contributed by atoms with van der Waals surface area (Å²) < 4.78 is 41.3. The number of aromatic nitrogens is 3. The summed E-state index contributed by atoms with van der Waals surface area (Å²) in [6.45, 7) is 1.95. The summed E-state index contributed by atoms with van der Waals surface area (Å²) in [5, 5.41) is 5.28. The summed E-state index contributed by atoms with van der Waals surface area (Å²) in [6, 6.07) is 18.1. The summed E-state index contributed by atoms with van der Waals surface area (Å²) >= 11 is 1.48. The van der Waals surface area contributed by atoms with Gasteiger partial charge in [-0.2, -0.15) is 5.10 Å². The molecule has 0 saturated carbocycles. The first-order valence-corrected chi connectivity index (χ1v) is 12.6. The molecule has 0 amide bonds. The van der Waals surface area contributed by atoms with E-state index in [1.165, 1.54) is 46.4 Å². The molecule has 7 nitrogen and oxygen atoms in total. The average Bonchev–Trinajstić information content (AvgIpc) is 3.19. The van der Waals surface area contributed by atoms with E-state index in [0.29, 0.717) is 11.3 Å². The minimum absolute atomic E-state index is 0.00315. The Morgan fingerprint density at radius 1 is 1.03 bits per heavy atom. The van der Waals surface area contributed by atoms with Gasteiger partial charge in [0.15, 0.2) is 0 Å². The lowest BCUT2D eigenvalue weighted by Crippen LogP contribution is -2.32. The van der Waals surface area contributed by atoms with Crippen molar-refractivity contribution in [3.8, 4) is 21.1 Å². The zero-order valence-electron chi connectivity index (χ0n) is 17.7. The van der Waals surface area contributed by atoms with E-state index in [-0.39, 0.29) is 24.4 Å². The highest BCUT2D eigenvalue weighted by atomic mass is 32.2. The SMILES string of the molecule is Cc1nc(-c2ccccc2)sc1-c1ccc(=O)n(CCNS(=O)(=O)Cc2ccc(F)cc2)n1. The molecule has 0 atom stereocenters. The average molecular weight is 485 g/mol. The van der Waals surface area contributed by atoms with E-state index < -0.39 is 15.8 Å². The molecule has 2 heterocycles. The Kier molecular flexibility index (Phi) is 6.77. The van der Waals surface area contributed by atoms with Crippen molar-refractivity contribution >= 4 is 21.4 Å². The summed E-state index contributed by atoms with van der Waals surface area (Å²) in [6.07, 6.45) is 0. The fraction of sp³-hybridized carbons (Fsp3) is 0.174. The molecular formula is C23H21FN4O3S2. The number of nitrogens with one attached hydrogen (secondary N) is 1. The van der Waals surface area contributed by atoms with Crippen LogP contribution >= 0.6 is 11.3 Å². The minimum Gasteiger partial charge on any atom is -0.268 e. The maximum atomic E-state index is 13.0. The Morgan fingerprint density at radius 2 is 1.76 bits per heavy atom. The number of aryl methyl sites for hydroxylation is 1. The molecule has 4 rings (SSSR count). The summed E-state index contributed by atoms with van der Waals surface area (Å²) in [7, 11) is -3.65. The molecule has 0 radical (unpaired) electrons. The Morgan fingerprint density at radius 3 is 2.48 bits per heavy atom. The largest absolute Gasteiger partial charge is 0.268 e. The van der Waals surface area contributed by atoms with Crippen LogP contribution in [0.3, 0.4) is 0 Å². The molecule has 2 aromatic carbocycles. The molecule has 0 fully saturated rings. The van der Waals surface area contributed by atoms with E-state index in [0.717, 1.165) is 21.1 Å². The molecular weight excluding hydrogens is 463 g/mol. The van der Waals surface area contributed by atoms with Gasteiger partial charge in [-0.15, -0.1) is 11.3 Å². The molecule has 4 aromatic rings. The molecule has 0 unspecified atom stereocenters. The molecule has 0 saturated heterocycles. The molecule has 10 heteroatoms. The Labute approximate surface area is 194 Å². The van der Waals surface area contributed by atoms with Crippen LogP contribution in [0, 0.1) is 12.7 Å². The molecule has 0 bridgehead atoms. The van der Waals surface area contributed by atoms with Gasteiger partial charge in [0, 0.05) is 18.2 Å². The summed E-state index contributed by atoms with van der Waals surface area (Å²) in [5.74, 6) is -0.709. The van der Waals surface area contributed by atoms with Gasteiger partial charge in [0.25, 0.3) is 5.56 Å². The van der Waals surface area contributed by atoms with Crippen LogP contribution in [-0.4, -0.2) is 29.7 Å². The molecule has 0 aliphatic carbocycles. The predicted octanol–water partition coefficient (Wildman–Crippen LogP) is 3.60. The number of thiazole rings is 1. The molecule has 170 valence electrons. The van der Waals surface area contributed by atoms with Gasteiger partial charge in [-0.25, -0.2) is 27.2 Å². The summed E-state index contributed by atoms with van der Waals surface area (Å²) in [5.41, 5.74) is 2.54. The van der Waals surface area contributed by atoms with Gasteiger partial charge in [0.05, 0.1) is 22.9 Å². The molecule has 33 heavy (non-hydrogen) atoms. The van der Waals surface area contributed by atoms with Gasteiger partial charge in [-0.1, -0.05) is 42.5 Å². The van der Waals surface area contributed by atoms with Crippen LogP contribution in [0.1, 0.15) is 11.3 Å². The van der Waals surface area contributed by atoms with E-state index in [2.05, 4.69) is 14.8 Å². The Hall–Kier alpha value is -3.21. The highest BCUT2D eigenvalue weighted by Gasteiger charge is 2.15. The topological polar surface area (TPSA) is 94.0 Å². The van der Waals surface area contributed by atoms with Gasteiger partial charge in [-0.05, 0) is 30.7 Å². The van der Waals surface area contributed by atoms with Crippen molar-refractivity contribution < 1.29 is 12.8 Å². The zero-order chi connectivity index (χ0) is 23.4. The van der Waals surface area contributed by atoms with E-state index >= 15 is 0 Å². The molecule has 0 spiro atoms. The molecule has 1 N–H and O–H groups in total. The third-order valence-electron chi connectivity index (χ3n) is 4.83. The van der Waals surface area contributed by atoms with E-state index in [9.17, 15) is 17.6 Å². The Balaban J connectivity index is 1.46.